The van der Waals surface area contributed by atoms with Gasteiger partial charge in [0.05, 0.1) is 5.52 Å². The quantitative estimate of drug-likeness (QED) is 0.0852. The van der Waals surface area contributed by atoms with E-state index in [1.807, 2.05) is 70.2 Å². The van der Waals surface area contributed by atoms with Crippen LogP contribution in [0, 0.1) is 18.8 Å². The fourth-order valence-electron chi connectivity index (χ4n) is 8.73. The Hall–Kier alpha value is -4.94. The number of carbonyl (C=O) groups is 4. The van der Waals surface area contributed by atoms with E-state index in [2.05, 4.69) is 50.2 Å². The molecule has 6 rings (SSSR count). The standard InChI is InChI=1S/C47H62ClN7O5/c1-7-55(8-2)37-21-18-35(19-22-37)50-44(57)34-17-23-38(29(3)25-34)32-13-9-30(10-14-32)26-41(45(58)51-36-20-24-39-40(27-36)53-54-42(39)48)52-43(56)33-15-11-31(12-16-33)28-49-46(59)60-47(4,5)6/h9-10,13-14,17,20,23-25,27,31,33,35,37,41H,7-8,11-12,15-16,18-19,21-22,26,28H2,1-6H3,(H,49,59)(H,50,57)(H,51,58)(H,52,56)(H,53,54)/t31?,33?,35?,37?,41-/m0/s1. The number of rotatable bonds is 14. The van der Waals surface area contributed by atoms with Crippen molar-refractivity contribution >= 4 is 52.0 Å². The molecule has 1 atom stereocenters. The smallest absolute Gasteiger partial charge is 0.407 e. The van der Waals surface area contributed by atoms with Gasteiger partial charge in [0.2, 0.25) is 11.8 Å². The van der Waals surface area contributed by atoms with E-state index >= 15 is 0 Å². The number of hydrogen-bond acceptors (Lipinski definition) is 7. The zero-order chi connectivity index (χ0) is 43.0. The lowest BCUT2D eigenvalue weighted by Gasteiger charge is -2.36. The van der Waals surface area contributed by atoms with E-state index in [1.54, 1.807) is 18.2 Å². The molecular weight excluding hydrogens is 778 g/mol. The molecule has 322 valence electrons. The number of aryl methyl sites for hydroxylation is 1. The number of nitrogens with one attached hydrogen (secondary N) is 5. The molecule has 12 nitrogen and oxygen atoms in total. The van der Waals surface area contributed by atoms with Crippen LogP contribution in [0.1, 0.15) is 107 Å². The molecule has 2 saturated carbocycles. The number of ether oxygens (including phenoxy) is 1. The number of aromatic amines is 1. The minimum absolute atomic E-state index is 0.0333. The van der Waals surface area contributed by atoms with Crippen molar-refractivity contribution in [3.05, 3.63) is 82.5 Å². The number of nitrogens with zero attached hydrogens (tertiary/aromatic N) is 2. The van der Waals surface area contributed by atoms with Crippen LogP contribution in [0.3, 0.4) is 0 Å². The fourth-order valence-corrected chi connectivity index (χ4v) is 8.94. The van der Waals surface area contributed by atoms with E-state index in [0.29, 0.717) is 47.3 Å². The maximum absolute atomic E-state index is 13.9. The summed E-state index contributed by atoms with van der Waals surface area (Å²) in [5.41, 5.74) is 5.14. The van der Waals surface area contributed by atoms with Gasteiger partial charge in [-0.05, 0) is 151 Å². The summed E-state index contributed by atoms with van der Waals surface area (Å²) in [7, 11) is 0. The molecule has 2 aliphatic rings. The third kappa shape index (κ3) is 11.9. The Kier molecular flexibility index (Phi) is 14.9. The van der Waals surface area contributed by atoms with Crippen molar-refractivity contribution in [2.45, 2.75) is 123 Å². The Balaban J connectivity index is 1.08. The lowest BCUT2D eigenvalue weighted by Crippen LogP contribution is -2.48. The van der Waals surface area contributed by atoms with Crippen LogP contribution in [0.5, 0.6) is 0 Å². The predicted octanol–water partition coefficient (Wildman–Crippen LogP) is 8.57. The van der Waals surface area contributed by atoms with Gasteiger partial charge in [-0.1, -0.05) is 55.8 Å². The molecule has 60 heavy (non-hydrogen) atoms. The summed E-state index contributed by atoms with van der Waals surface area (Å²) in [4.78, 5) is 55.6. The Labute approximate surface area is 359 Å². The SMILES string of the molecule is CCN(CC)C1CCC(NC(=O)c2ccc(-c3ccc(C[C@H](NC(=O)C4CCC(CNC(=O)OC(C)(C)C)CC4)C(=O)Nc4ccc5c(Cl)[nH]nc5c4)cc3)c(C)c2)CC1. The minimum atomic E-state index is -0.847. The van der Waals surface area contributed by atoms with Crippen molar-refractivity contribution in [1.82, 2.24) is 31.0 Å². The molecule has 0 bridgehead atoms. The number of carbonyl (C=O) groups excluding carboxylic acids is 4. The summed E-state index contributed by atoms with van der Waals surface area (Å²) in [5, 5.41) is 20.3. The molecular formula is C47H62ClN7O5. The van der Waals surface area contributed by atoms with Crippen molar-refractivity contribution in [3.63, 3.8) is 0 Å². The summed E-state index contributed by atoms with van der Waals surface area (Å²) < 4.78 is 5.37. The van der Waals surface area contributed by atoms with E-state index in [0.717, 1.165) is 79.3 Å². The second-order valence-electron chi connectivity index (χ2n) is 17.6. The largest absolute Gasteiger partial charge is 0.444 e. The topological polar surface area (TPSA) is 158 Å². The molecule has 2 fully saturated rings. The molecule has 2 aliphatic carbocycles. The van der Waals surface area contributed by atoms with E-state index in [9.17, 15) is 19.2 Å². The summed E-state index contributed by atoms with van der Waals surface area (Å²) in [6, 6.07) is 19.1. The van der Waals surface area contributed by atoms with Crippen molar-refractivity contribution in [3.8, 4) is 11.1 Å². The highest BCUT2D eigenvalue weighted by Gasteiger charge is 2.31. The Morgan fingerprint density at radius 3 is 2.25 bits per heavy atom. The van der Waals surface area contributed by atoms with Crippen molar-refractivity contribution in [1.29, 1.82) is 0 Å². The van der Waals surface area contributed by atoms with Crippen LogP contribution in [0.2, 0.25) is 5.15 Å². The van der Waals surface area contributed by atoms with Gasteiger partial charge in [-0.15, -0.1) is 0 Å². The Morgan fingerprint density at radius 1 is 0.900 bits per heavy atom. The number of aromatic nitrogens is 2. The molecule has 0 unspecified atom stereocenters. The third-order valence-corrected chi connectivity index (χ3v) is 12.4. The van der Waals surface area contributed by atoms with Crippen LogP contribution in [-0.2, 0) is 20.7 Å². The molecule has 0 radical (unpaired) electrons. The van der Waals surface area contributed by atoms with Gasteiger partial charge >= 0.3 is 6.09 Å². The van der Waals surface area contributed by atoms with Gasteiger partial charge in [0.1, 0.15) is 16.8 Å². The molecule has 5 N–H and O–H groups in total. The zero-order valence-electron chi connectivity index (χ0n) is 36.0. The highest BCUT2D eigenvalue weighted by atomic mass is 35.5. The monoisotopic (exact) mass is 839 g/mol. The van der Waals surface area contributed by atoms with Crippen LogP contribution in [0.15, 0.2) is 60.7 Å². The van der Waals surface area contributed by atoms with E-state index < -0.39 is 17.7 Å². The second-order valence-corrected chi connectivity index (χ2v) is 17.9. The van der Waals surface area contributed by atoms with Crippen LogP contribution in [-0.4, -0.2) is 82.3 Å². The normalized spacial score (nSPS) is 20.0. The first-order valence-electron chi connectivity index (χ1n) is 21.7. The van der Waals surface area contributed by atoms with E-state index in [-0.39, 0.29) is 42.0 Å². The summed E-state index contributed by atoms with van der Waals surface area (Å²) >= 11 is 6.20. The molecule has 3 aromatic carbocycles. The molecule has 13 heteroatoms. The third-order valence-electron chi connectivity index (χ3n) is 12.1. The molecule has 4 amide bonds. The highest BCUT2D eigenvalue weighted by Crippen LogP contribution is 2.30. The number of halogens is 1. The molecule has 1 aromatic heterocycles. The maximum atomic E-state index is 13.9. The first-order valence-corrected chi connectivity index (χ1v) is 22.0. The summed E-state index contributed by atoms with van der Waals surface area (Å²) in [5.74, 6) is -0.538. The second kappa shape index (κ2) is 20.1. The van der Waals surface area contributed by atoms with Gasteiger partial charge in [0, 0.05) is 47.6 Å². The van der Waals surface area contributed by atoms with Gasteiger partial charge < -0.3 is 30.9 Å². The average Bonchev–Trinajstić information content (AvgIpc) is 3.59. The highest BCUT2D eigenvalue weighted by molar-refractivity contribution is 6.34. The van der Waals surface area contributed by atoms with Crippen LogP contribution >= 0.6 is 11.6 Å². The van der Waals surface area contributed by atoms with Gasteiger partial charge in [-0.2, -0.15) is 5.10 Å². The van der Waals surface area contributed by atoms with Gasteiger partial charge in [-0.25, -0.2) is 4.79 Å². The lowest BCUT2D eigenvalue weighted by molar-refractivity contribution is -0.130. The number of alkyl carbamates (subject to hydrolysis) is 1. The minimum Gasteiger partial charge on any atom is -0.444 e. The molecule has 4 aromatic rings. The van der Waals surface area contributed by atoms with Crippen LogP contribution in [0.25, 0.3) is 22.0 Å². The number of amides is 4. The number of H-pyrrole nitrogens is 1. The Morgan fingerprint density at radius 2 is 1.60 bits per heavy atom. The lowest BCUT2D eigenvalue weighted by atomic mass is 9.81. The summed E-state index contributed by atoms with van der Waals surface area (Å²) in [6.07, 6.45) is 6.91. The molecule has 0 spiro atoms. The summed E-state index contributed by atoms with van der Waals surface area (Å²) in [6.45, 7) is 14.5. The zero-order valence-corrected chi connectivity index (χ0v) is 36.7. The molecule has 1 heterocycles. The Bertz CT molecular complexity index is 2110. The van der Waals surface area contributed by atoms with Crippen LogP contribution < -0.4 is 21.3 Å². The molecule has 0 saturated heterocycles. The number of anilines is 1. The van der Waals surface area contributed by atoms with Crippen molar-refractivity contribution in [2.24, 2.45) is 11.8 Å². The van der Waals surface area contributed by atoms with E-state index in [1.165, 1.54) is 0 Å². The number of benzene rings is 3. The predicted molar refractivity (Wildman–Crippen MR) is 238 cm³/mol. The number of hydrogen-bond donors (Lipinski definition) is 5. The number of fused-ring (bicyclic) bond motifs is 1. The van der Waals surface area contributed by atoms with Gasteiger partial charge in [-0.3, -0.25) is 19.5 Å². The first-order chi connectivity index (χ1) is 28.7. The fraction of sp³-hybridized carbons (Fsp3) is 0.511. The maximum Gasteiger partial charge on any atom is 0.407 e. The molecule has 0 aliphatic heterocycles. The van der Waals surface area contributed by atoms with Crippen molar-refractivity contribution in [2.75, 3.05) is 25.0 Å². The van der Waals surface area contributed by atoms with Crippen molar-refractivity contribution < 1.29 is 23.9 Å². The average molecular weight is 841 g/mol. The van der Waals surface area contributed by atoms with E-state index in [4.69, 9.17) is 16.3 Å². The van der Waals surface area contributed by atoms with Gasteiger partial charge in [0.25, 0.3) is 5.91 Å². The van der Waals surface area contributed by atoms with Gasteiger partial charge in [0.15, 0.2) is 0 Å². The van der Waals surface area contributed by atoms with Crippen LogP contribution in [0.4, 0.5) is 10.5 Å². The first kappa shape index (κ1) is 44.6.